The van der Waals surface area contributed by atoms with Gasteiger partial charge in [0.15, 0.2) is 0 Å². The van der Waals surface area contributed by atoms with E-state index in [-0.39, 0.29) is 0 Å². The van der Waals surface area contributed by atoms with Crippen molar-refractivity contribution in [2.45, 2.75) is 25.7 Å². The fourth-order valence-corrected chi connectivity index (χ4v) is 4.03. The molecule has 0 fully saturated rings. The lowest BCUT2D eigenvalue weighted by Crippen LogP contribution is -2.30. The Morgan fingerprint density at radius 3 is 1.41 bits per heavy atom. The Morgan fingerprint density at radius 1 is 0.659 bits per heavy atom. The van der Waals surface area contributed by atoms with Crippen LogP contribution < -0.4 is 0 Å². The van der Waals surface area contributed by atoms with Crippen molar-refractivity contribution in [3.05, 3.63) is 24.5 Å². The average molecular weight is 582 g/mol. The predicted octanol–water partition coefficient (Wildman–Crippen LogP) is 2.27. The molecule has 1 aromatic carbocycles. The number of hydrogen-bond donors (Lipinski definition) is 1. The number of sulfonamides is 1. The maximum Gasteiger partial charge on any atom is 0.243 e. The number of benzene rings is 1. The lowest BCUT2D eigenvalue weighted by Gasteiger charge is -2.18. The van der Waals surface area contributed by atoms with Crippen LogP contribution in [0, 0.1) is 154 Å². The lowest BCUT2D eigenvalue weighted by molar-refractivity contribution is 0.445. The molecule has 1 heterocycles. The summed E-state index contributed by atoms with van der Waals surface area (Å²) < 4.78 is 25.9. The van der Waals surface area contributed by atoms with Gasteiger partial charge in [-0.3, -0.25) is 0 Å². The van der Waals surface area contributed by atoms with E-state index < -0.39 is 10.0 Å². The van der Waals surface area contributed by atoms with Crippen molar-refractivity contribution in [1.29, 1.82) is 0 Å². The molecule has 0 saturated heterocycles. The first-order valence-corrected chi connectivity index (χ1v) is 13.8. The van der Waals surface area contributed by atoms with Gasteiger partial charge in [-0.2, -0.15) is 4.31 Å². The average Bonchev–Trinajstić information content (AvgIpc) is 3.50. The van der Waals surface area contributed by atoms with Gasteiger partial charge < -0.3 is 4.98 Å². The van der Waals surface area contributed by atoms with Gasteiger partial charge in [-0.15, -0.1) is 6.42 Å². The highest BCUT2D eigenvalue weighted by molar-refractivity contribution is 7.89. The van der Waals surface area contributed by atoms with Gasteiger partial charge in [0.05, 0.1) is 22.3 Å². The summed E-state index contributed by atoms with van der Waals surface area (Å²) in [5.74, 6) is 61.9. The Morgan fingerprint density at radius 2 is 1.05 bits per heavy atom. The summed E-state index contributed by atoms with van der Waals surface area (Å²) in [6, 6.07) is 4.93. The third-order valence-corrected chi connectivity index (χ3v) is 6.35. The largest absolute Gasteiger partial charge is 0.345 e. The number of terminal acetylenes is 1. The molecule has 0 spiro atoms. The van der Waals surface area contributed by atoms with Crippen LogP contribution in [0.15, 0.2) is 29.4 Å². The normalized spacial score (nSPS) is 7.16. The molecule has 0 aliphatic heterocycles. The summed E-state index contributed by atoms with van der Waals surface area (Å²) in [4.78, 5) is 7.28. The highest BCUT2D eigenvalue weighted by atomic mass is 32.2. The maximum absolute atomic E-state index is 12.3. The van der Waals surface area contributed by atoms with Crippen LogP contribution in [0.1, 0.15) is 20.8 Å². The molecular formula is C38H19N3O2S. The number of rotatable bonds is 4. The first-order chi connectivity index (χ1) is 21.5. The summed E-state index contributed by atoms with van der Waals surface area (Å²) in [5, 5.41) is 0. The molecule has 0 radical (unpaired) electrons. The van der Waals surface area contributed by atoms with E-state index in [9.17, 15) is 8.42 Å². The van der Waals surface area contributed by atoms with Crippen molar-refractivity contribution < 1.29 is 8.42 Å². The number of hydrogen-bond acceptors (Lipinski definition) is 3. The highest BCUT2D eigenvalue weighted by Gasteiger charge is 2.21. The zero-order valence-corrected chi connectivity index (χ0v) is 24.7. The van der Waals surface area contributed by atoms with E-state index in [1.54, 1.807) is 31.5 Å². The molecule has 5 nitrogen and oxygen atoms in total. The molecule has 204 valence electrons. The Labute approximate surface area is 260 Å². The second-order valence-electron chi connectivity index (χ2n) is 6.94. The van der Waals surface area contributed by atoms with Gasteiger partial charge in [0.25, 0.3) is 0 Å². The van der Waals surface area contributed by atoms with Crippen LogP contribution in [-0.2, 0) is 10.0 Å². The van der Waals surface area contributed by atoms with Crippen LogP contribution in [0.5, 0.6) is 0 Å². The molecule has 0 atom stereocenters. The number of fused-ring (bicyclic) bond motifs is 1. The van der Waals surface area contributed by atoms with Gasteiger partial charge in [-0.05, 0) is 120 Å². The van der Waals surface area contributed by atoms with Crippen molar-refractivity contribution >= 4 is 21.1 Å². The van der Waals surface area contributed by atoms with Gasteiger partial charge in [0, 0.05) is 60.5 Å². The molecule has 0 aliphatic rings. The van der Waals surface area contributed by atoms with Gasteiger partial charge in [-0.1, -0.05) is 19.8 Å². The zero-order valence-electron chi connectivity index (χ0n) is 23.9. The molecule has 0 bridgehead atoms. The zero-order chi connectivity index (χ0) is 32.1. The van der Waals surface area contributed by atoms with Gasteiger partial charge in [0.2, 0.25) is 10.0 Å². The quantitative estimate of drug-likeness (QED) is 0.564. The number of nitrogens with one attached hydrogen (secondary N) is 1. The number of aromatic amines is 1. The maximum atomic E-state index is 12.3. The van der Waals surface area contributed by atoms with Crippen molar-refractivity contribution in [3.63, 3.8) is 0 Å². The molecule has 1 aromatic heterocycles. The highest BCUT2D eigenvalue weighted by Crippen LogP contribution is 2.19. The van der Waals surface area contributed by atoms with E-state index >= 15 is 0 Å². The summed E-state index contributed by atoms with van der Waals surface area (Å²) in [6.45, 7) is 6.30. The van der Waals surface area contributed by atoms with Crippen LogP contribution in [0.25, 0.3) is 11.0 Å². The van der Waals surface area contributed by atoms with Crippen molar-refractivity contribution in [3.8, 4) is 154 Å². The van der Waals surface area contributed by atoms with Crippen LogP contribution in [-0.4, -0.2) is 35.8 Å². The third kappa shape index (κ3) is 14.9. The smallest absolute Gasteiger partial charge is 0.243 e. The van der Waals surface area contributed by atoms with Crippen LogP contribution in [0.3, 0.4) is 0 Å². The van der Waals surface area contributed by atoms with Crippen molar-refractivity contribution in [1.82, 2.24) is 14.3 Å². The molecular weight excluding hydrogens is 563 g/mol. The standard InChI is InChI=1S/C27H4.C11H15N3O2S/c1-3-5-7-9-11-13-15-17-19-21-23-25-27-26-24-22-20-18-16-14-12-10-8-6-4-2;1-3-14(4-2)17(15,16)9-5-6-10-11(7-9)13-8-12-10/h1H,2H3;5-8H,3-4H2,1-2H3,(H,12,13). The van der Waals surface area contributed by atoms with Crippen molar-refractivity contribution in [2.75, 3.05) is 13.1 Å². The lowest BCUT2D eigenvalue weighted by atomic mass is 10.3. The topological polar surface area (TPSA) is 66.1 Å². The van der Waals surface area contributed by atoms with Gasteiger partial charge in [-0.25, -0.2) is 13.4 Å². The molecule has 0 amide bonds. The molecule has 1 N–H and O–H groups in total. The first-order valence-electron chi connectivity index (χ1n) is 12.3. The van der Waals surface area contributed by atoms with E-state index in [1.165, 1.54) is 4.31 Å². The Hall–Kier alpha value is -7.12. The number of imidazole rings is 1. The minimum atomic E-state index is -3.38. The van der Waals surface area contributed by atoms with Gasteiger partial charge >= 0.3 is 0 Å². The Kier molecular flexibility index (Phi) is 18.0. The summed E-state index contributed by atoms with van der Waals surface area (Å²) in [5.41, 5.74) is 1.50. The molecule has 6 heteroatoms. The first kappa shape index (κ1) is 34.9. The Bertz CT molecular complexity index is 2310. The molecule has 2 aromatic rings. The molecule has 0 aliphatic carbocycles. The minimum Gasteiger partial charge on any atom is -0.345 e. The van der Waals surface area contributed by atoms with Crippen LogP contribution >= 0.6 is 0 Å². The second-order valence-corrected chi connectivity index (χ2v) is 8.88. The molecule has 44 heavy (non-hydrogen) atoms. The van der Waals surface area contributed by atoms with E-state index in [1.807, 2.05) is 13.8 Å². The number of H-pyrrole nitrogens is 1. The van der Waals surface area contributed by atoms with E-state index in [0.29, 0.717) is 18.0 Å². The molecule has 2 rings (SSSR count). The fourth-order valence-electron chi connectivity index (χ4n) is 2.54. The van der Waals surface area contributed by atoms with E-state index in [0.717, 1.165) is 11.0 Å². The number of nitrogens with zero attached hydrogens (tertiary/aromatic N) is 2. The predicted molar refractivity (Wildman–Crippen MR) is 174 cm³/mol. The minimum absolute atomic E-state index is 0.304. The third-order valence-electron chi connectivity index (χ3n) is 4.31. The summed E-state index contributed by atoms with van der Waals surface area (Å²) in [6.07, 6.45) is 6.47. The molecule has 0 saturated carbocycles. The monoisotopic (exact) mass is 581 g/mol. The van der Waals surface area contributed by atoms with Gasteiger partial charge in [0.1, 0.15) is 0 Å². The molecule has 0 unspecified atom stereocenters. The van der Waals surface area contributed by atoms with E-state index in [2.05, 4.69) is 158 Å². The van der Waals surface area contributed by atoms with Crippen LogP contribution in [0.4, 0.5) is 0 Å². The summed E-state index contributed by atoms with van der Waals surface area (Å²) in [7, 11) is -3.38. The van der Waals surface area contributed by atoms with Crippen LogP contribution in [0.2, 0.25) is 0 Å². The second kappa shape index (κ2) is 22.7. The number of aromatic nitrogens is 2. The summed E-state index contributed by atoms with van der Waals surface area (Å²) >= 11 is 0. The SMILES string of the molecule is C#CC#CC#CC#CC#CC#CC#CC#CC#CC#CC#CC#CC#CC.CCN(CC)S(=O)(=O)c1ccc2nc[nH]c2c1. The van der Waals surface area contributed by atoms with Crippen molar-refractivity contribution in [2.24, 2.45) is 0 Å². The van der Waals surface area contributed by atoms with E-state index in [4.69, 9.17) is 6.42 Å². The fraction of sp³-hybridized carbons (Fsp3) is 0.132. The Balaban J connectivity index is 0.000000483.